The van der Waals surface area contributed by atoms with Crippen molar-refractivity contribution in [3.63, 3.8) is 0 Å². The third-order valence-electron chi connectivity index (χ3n) is 3.22. The molecule has 0 spiro atoms. The first-order valence-electron chi connectivity index (χ1n) is 6.36. The molecule has 0 heterocycles. The van der Waals surface area contributed by atoms with E-state index < -0.39 is 0 Å². The van der Waals surface area contributed by atoms with E-state index in [2.05, 4.69) is 34.2 Å². The topological polar surface area (TPSA) is 30.5 Å². The van der Waals surface area contributed by atoms with E-state index >= 15 is 0 Å². The predicted octanol–water partition coefficient (Wildman–Crippen LogP) is 4.39. The summed E-state index contributed by atoms with van der Waals surface area (Å²) in [5, 5.41) is 3.43. The Morgan fingerprint density at radius 2 is 1.80 bits per heavy atom. The van der Waals surface area contributed by atoms with Crippen molar-refractivity contribution in [1.82, 2.24) is 0 Å². The molecule has 0 saturated carbocycles. The molecule has 0 unspecified atom stereocenters. The average Bonchev–Trinajstić information content (AvgIpc) is 2.48. The molecule has 0 aromatic heterocycles. The highest BCUT2D eigenvalue weighted by atomic mass is 79.9. The lowest BCUT2D eigenvalue weighted by molar-refractivity contribution is 0.352. The van der Waals surface area contributed by atoms with E-state index in [9.17, 15) is 0 Å². The van der Waals surface area contributed by atoms with Gasteiger partial charge in [0.05, 0.1) is 14.2 Å². The third-order valence-corrected chi connectivity index (χ3v) is 4.08. The van der Waals surface area contributed by atoms with E-state index in [0.29, 0.717) is 6.54 Å². The smallest absolute Gasteiger partial charge is 0.165 e. The van der Waals surface area contributed by atoms with Crippen molar-refractivity contribution in [2.75, 3.05) is 19.5 Å². The monoisotopic (exact) mass is 335 g/mol. The van der Waals surface area contributed by atoms with Crippen molar-refractivity contribution in [2.24, 2.45) is 0 Å². The van der Waals surface area contributed by atoms with Gasteiger partial charge in [-0.25, -0.2) is 0 Å². The summed E-state index contributed by atoms with van der Waals surface area (Å²) >= 11 is 3.54. The van der Waals surface area contributed by atoms with Crippen molar-refractivity contribution in [3.8, 4) is 11.5 Å². The molecule has 20 heavy (non-hydrogen) atoms. The van der Waals surface area contributed by atoms with Gasteiger partial charge >= 0.3 is 0 Å². The Kier molecular flexibility index (Phi) is 4.90. The molecule has 0 aliphatic heterocycles. The summed E-state index contributed by atoms with van der Waals surface area (Å²) < 4.78 is 11.8. The number of benzene rings is 2. The highest BCUT2D eigenvalue weighted by molar-refractivity contribution is 9.10. The van der Waals surface area contributed by atoms with E-state index in [4.69, 9.17) is 9.47 Å². The van der Waals surface area contributed by atoms with Crippen LogP contribution in [0.2, 0.25) is 0 Å². The molecule has 2 aromatic rings. The maximum absolute atomic E-state index is 5.44. The molecule has 0 radical (unpaired) electrons. The van der Waals surface area contributed by atoms with Crippen LogP contribution >= 0.6 is 15.9 Å². The van der Waals surface area contributed by atoms with E-state index in [1.165, 1.54) is 5.56 Å². The van der Waals surface area contributed by atoms with Crippen LogP contribution in [0, 0.1) is 6.92 Å². The fraction of sp³-hybridized carbons (Fsp3) is 0.250. The quantitative estimate of drug-likeness (QED) is 0.879. The Balaban J connectivity index is 2.21. The standard InChI is InChI=1S/C16H18BrNO2/c1-11-13(17)7-5-8-14(11)18-10-12-6-4-9-15(19-2)16(12)20-3/h4-9,18H,10H2,1-3H3. The van der Waals surface area contributed by atoms with Crippen LogP contribution in [-0.4, -0.2) is 14.2 Å². The Morgan fingerprint density at radius 1 is 1.05 bits per heavy atom. The first-order chi connectivity index (χ1) is 9.67. The molecular formula is C16H18BrNO2. The van der Waals surface area contributed by atoms with Crippen LogP contribution in [0.5, 0.6) is 11.5 Å². The van der Waals surface area contributed by atoms with Gasteiger partial charge in [0.2, 0.25) is 0 Å². The summed E-state index contributed by atoms with van der Waals surface area (Å²) in [6.45, 7) is 2.76. The third kappa shape index (κ3) is 3.07. The largest absolute Gasteiger partial charge is 0.493 e. The fourth-order valence-electron chi connectivity index (χ4n) is 2.08. The first-order valence-corrected chi connectivity index (χ1v) is 7.15. The average molecular weight is 336 g/mol. The number of hydrogen-bond acceptors (Lipinski definition) is 3. The van der Waals surface area contributed by atoms with Gasteiger partial charge in [-0.05, 0) is 30.7 Å². The fourth-order valence-corrected chi connectivity index (χ4v) is 2.45. The van der Waals surface area contributed by atoms with Gasteiger partial charge in [-0.1, -0.05) is 34.1 Å². The van der Waals surface area contributed by atoms with Gasteiger partial charge in [-0.3, -0.25) is 0 Å². The van der Waals surface area contributed by atoms with Gasteiger partial charge in [0.15, 0.2) is 11.5 Å². The SMILES string of the molecule is COc1cccc(CNc2cccc(Br)c2C)c1OC. The minimum absolute atomic E-state index is 0.678. The van der Waals surface area contributed by atoms with Crippen LogP contribution in [0.25, 0.3) is 0 Å². The van der Waals surface area contributed by atoms with Crippen LogP contribution in [0.1, 0.15) is 11.1 Å². The molecule has 106 valence electrons. The zero-order valence-electron chi connectivity index (χ0n) is 11.9. The summed E-state index contributed by atoms with van der Waals surface area (Å²) in [5.74, 6) is 1.52. The minimum Gasteiger partial charge on any atom is -0.493 e. The second-order valence-corrected chi connectivity index (χ2v) is 5.27. The highest BCUT2D eigenvalue weighted by Crippen LogP contribution is 2.31. The van der Waals surface area contributed by atoms with Gasteiger partial charge < -0.3 is 14.8 Å². The zero-order chi connectivity index (χ0) is 14.5. The Bertz CT molecular complexity index is 599. The minimum atomic E-state index is 0.678. The molecule has 0 aliphatic rings. The van der Waals surface area contributed by atoms with Crippen molar-refractivity contribution >= 4 is 21.6 Å². The van der Waals surface area contributed by atoms with Crippen LogP contribution in [0.15, 0.2) is 40.9 Å². The highest BCUT2D eigenvalue weighted by Gasteiger charge is 2.09. The van der Waals surface area contributed by atoms with Crippen molar-refractivity contribution in [1.29, 1.82) is 0 Å². The summed E-state index contributed by atoms with van der Waals surface area (Å²) in [5.41, 5.74) is 3.35. The number of anilines is 1. The van der Waals surface area contributed by atoms with Crippen molar-refractivity contribution < 1.29 is 9.47 Å². The van der Waals surface area contributed by atoms with E-state index in [1.807, 2.05) is 30.3 Å². The molecular weight excluding hydrogens is 318 g/mol. The Labute approximate surface area is 128 Å². The number of methoxy groups -OCH3 is 2. The van der Waals surface area contributed by atoms with Crippen LogP contribution in [0.4, 0.5) is 5.69 Å². The van der Waals surface area contributed by atoms with E-state index in [1.54, 1.807) is 14.2 Å². The van der Waals surface area contributed by atoms with Crippen LogP contribution < -0.4 is 14.8 Å². The lowest BCUT2D eigenvalue weighted by atomic mass is 10.1. The molecule has 4 heteroatoms. The van der Waals surface area contributed by atoms with Gasteiger partial charge in [-0.15, -0.1) is 0 Å². The van der Waals surface area contributed by atoms with Gasteiger partial charge in [0.1, 0.15) is 0 Å². The number of hydrogen-bond donors (Lipinski definition) is 1. The second-order valence-electron chi connectivity index (χ2n) is 4.42. The van der Waals surface area contributed by atoms with Crippen LogP contribution in [-0.2, 0) is 6.54 Å². The maximum atomic E-state index is 5.44. The van der Waals surface area contributed by atoms with Gasteiger partial charge in [0, 0.05) is 22.3 Å². The normalized spacial score (nSPS) is 10.2. The Hall–Kier alpha value is -1.68. The maximum Gasteiger partial charge on any atom is 0.165 e. The molecule has 0 amide bonds. The second kappa shape index (κ2) is 6.66. The Morgan fingerprint density at radius 3 is 2.50 bits per heavy atom. The lowest BCUT2D eigenvalue weighted by Gasteiger charge is -2.15. The van der Waals surface area contributed by atoms with Crippen LogP contribution in [0.3, 0.4) is 0 Å². The van der Waals surface area contributed by atoms with E-state index in [0.717, 1.165) is 27.2 Å². The summed E-state index contributed by atoms with van der Waals surface area (Å²) in [6.07, 6.45) is 0. The molecule has 1 N–H and O–H groups in total. The summed E-state index contributed by atoms with van der Waals surface area (Å²) in [6, 6.07) is 12.0. The molecule has 0 atom stereocenters. The van der Waals surface area contributed by atoms with Gasteiger partial charge in [-0.2, -0.15) is 0 Å². The molecule has 0 saturated heterocycles. The summed E-state index contributed by atoms with van der Waals surface area (Å²) in [7, 11) is 3.30. The number of halogens is 1. The molecule has 0 bridgehead atoms. The molecule has 2 rings (SSSR count). The predicted molar refractivity (Wildman–Crippen MR) is 85.8 cm³/mol. The van der Waals surface area contributed by atoms with Crippen molar-refractivity contribution in [3.05, 3.63) is 52.0 Å². The summed E-state index contributed by atoms with van der Waals surface area (Å²) in [4.78, 5) is 0. The zero-order valence-corrected chi connectivity index (χ0v) is 13.5. The number of nitrogens with one attached hydrogen (secondary N) is 1. The van der Waals surface area contributed by atoms with E-state index in [-0.39, 0.29) is 0 Å². The van der Waals surface area contributed by atoms with Crippen molar-refractivity contribution in [2.45, 2.75) is 13.5 Å². The number of ether oxygens (including phenoxy) is 2. The molecule has 3 nitrogen and oxygen atoms in total. The number of rotatable bonds is 5. The molecule has 0 fully saturated rings. The molecule has 2 aromatic carbocycles. The lowest BCUT2D eigenvalue weighted by Crippen LogP contribution is -2.04. The molecule has 0 aliphatic carbocycles. The van der Waals surface area contributed by atoms with Gasteiger partial charge in [0.25, 0.3) is 0 Å². The number of para-hydroxylation sites is 1. The first kappa shape index (κ1) is 14.7.